The molecule has 0 fully saturated rings. The lowest BCUT2D eigenvalue weighted by molar-refractivity contribution is 0.306. The number of hydrogen-bond acceptors (Lipinski definition) is 7. The number of benzene rings is 4. The molecule has 1 aliphatic heterocycles. The molecule has 0 radical (unpaired) electrons. The van der Waals surface area contributed by atoms with E-state index < -0.39 is 6.17 Å². The molecule has 5 rings (SSSR count). The second-order valence-electron chi connectivity index (χ2n) is 7.93. The first-order valence-electron chi connectivity index (χ1n) is 11.2. The number of nitrogens with two attached hydrogens (primary N) is 2. The van der Waals surface area contributed by atoms with Crippen molar-refractivity contribution in [3.8, 4) is 17.2 Å². The maximum absolute atomic E-state index is 6.40. The molecule has 4 aromatic rings. The molecule has 0 saturated heterocycles. The van der Waals surface area contributed by atoms with Crippen LogP contribution in [0.25, 0.3) is 0 Å². The molecule has 0 amide bonds. The third-order valence-electron chi connectivity index (χ3n) is 5.47. The molecule has 35 heavy (non-hydrogen) atoms. The van der Waals surface area contributed by atoms with E-state index in [-0.39, 0.29) is 11.9 Å². The lowest BCUT2D eigenvalue weighted by atomic mass is 10.1. The number of nitrogens with zero attached hydrogens (tertiary/aromatic N) is 3. The lowest BCUT2D eigenvalue weighted by Crippen LogP contribution is -2.44. The molecule has 7 heteroatoms. The van der Waals surface area contributed by atoms with Crippen molar-refractivity contribution in [3.63, 3.8) is 0 Å². The molecule has 4 N–H and O–H groups in total. The van der Waals surface area contributed by atoms with E-state index in [4.69, 9.17) is 20.9 Å². The van der Waals surface area contributed by atoms with Gasteiger partial charge in [0.2, 0.25) is 11.9 Å². The van der Waals surface area contributed by atoms with Crippen LogP contribution in [0.1, 0.15) is 17.3 Å². The highest BCUT2D eigenvalue weighted by Crippen LogP contribution is 2.37. The van der Waals surface area contributed by atoms with Gasteiger partial charge in [-0.1, -0.05) is 72.8 Å². The zero-order chi connectivity index (χ0) is 24.0. The Morgan fingerprint density at radius 1 is 0.743 bits per heavy atom. The van der Waals surface area contributed by atoms with Crippen molar-refractivity contribution < 1.29 is 9.47 Å². The third-order valence-corrected chi connectivity index (χ3v) is 5.47. The van der Waals surface area contributed by atoms with Gasteiger partial charge >= 0.3 is 0 Å². The van der Waals surface area contributed by atoms with Gasteiger partial charge in [0.05, 0.1) is 5.69 Å². The summed E-state index contributed by atoms with van der Waals surface area (Å²) >= 11 is 0. The van der Waals surface area contributed by atoms with Gasteiger partial charge in [-0.2, -0.15) is 4.99 Å². The summed E-state index contributed by atoms with van der Waals surface area (Å²) in [6.45, 7) is 0.416. The minimum atomic E-state index is -0.548. The van der Waals surface area contributed by atoms with E-state index in [9.17, 15) is 0 Å². The highest BCUT2D eigenvalue weighted by Gasteiger charge is 2.30. The van der Waals surface area contributed by atoms with Gasteiger partial charge in [0.15, 0.2) is 6.17 Å². The largest absolute Gasteiger partial charge is 0.487 e. The quantitative estimate of drug-likeness (QED) is 0.392. The summed E-state index contributed by atoms with van der Waals surface area (Å²) in [6, 6.07) is 34.9. The minimum Gasteiger partial charge on any atom is -0.487 e. The van der Waals surface area contributed by atoms with Crippen LogP contribution < -0.4 is 25.8 Å². The summed E-state index contributed by atoms with van der Waals surface area (Å²) in [5.74, 6) is 2.42. The molecule has 0 aliphatic carbocycles. The van der Waals surface area contributed by atoms with E-state index in [1.807, 2.05) is 114 Å². The van der Waals surface area contributed by atoms with E-state index >= 15 is 0 Å². The Balaban J connectivity index is 1.47. The van der Waals surface area contributed by atoms with Gasteiger partial charge in [0.1, 0.15) is 23.9 Å². The van der Waals surface area contributed by atoms with Gasteiger partial charge in [-0.3, -0.25) is 4.90 Å². The van der Waals surface area contributed by atoms with Crippen LogP contribution in [0.2, 0.25) is 0 Å². The fourth-order valence-electron chi connectivity index (χ4n) is 3.86. The van der Waals surface area contributed by atoms with E-state index in [1.54, 1.807) is 0 Å². The molecule has 0 saturated carbocycles. The first-order valence-corrected chi connectivity index (χ1v) is 11.2. The van der Waals surface area contributed by atoms with Crippen LogP contribution in [0.15, 0.2) is 119 Å². The Kier molecular flexibility index (Phi) is 6.30. The van der Waals surface area contributed by atoms with Crippen molar-refractivity contribution in [3.05, 3.63) is 120 Å². The molecular formula is C28H25N5O2. The van der Waals surface area contributed by atoms with Crippen LogP contribution in [0.5, 0.6) is 17.2 Å². The number of hydrogen-bond donors (Lipinski definition) is 2. The van der Waals surface area contributed by atoms with Crippen molar-refractivity contribution in [1.29, 1.82) is 0 Å². The maximum Gasteiger partial charge on any atom is 0.221 e. The van der Waals surface area contributed by atoms with Gasteiger partial charge in [0.25, 0.3) is 0 Å². The molecule has 1 unspecified atom stereocenters. The molecular weight excluding hydrogens is 438 g/mol. The minimum absolute atomic E-state index is 0.112. The molecule has 0 bridgehead atoms. The second kappa shape index (κ2) is 10.0. The Bertz CT molecular complexity index is 1360. The van der Waals surface area contributed by atoms with Crippen LogP contribution in [0.4, 0.5) is 5.69 Å². The highest BCUT2D eigenvalue weighted by atomic mass is 16.5. The Hall–Kier alpha value is -4.78. The van der Waals surface area contributed by atoms with Crippen LogP contribution in [-0.2, 0) is 6.61 Å². The first kappa shape index (κ1) is 22.0. The number of para-hydroxylation sites is 3. The van der Waals surface area contributed by atoms with Gasteiger partial charge in [-0.25, -0.2) is 4.99 Å². The van der Waals surface area contributed by atoms with E-state index in [1.165, 1.54) is 0 Å². The summed E-state index contributed by atoms with van der Waals surface area (Å²) in [5, 5.41) is 0. The van der Waals surface area contributed by atoms with Crippen LogP contribution in [0, 0.1) is 0 Å². The lowest BCUT2D eigenvalue weighted by Gasteiger charge is -2.33. The summed E-state index contributed by atoms with van der Waals surface area (Å²) in [5.41, 5.74) is 15.1. The van der Waals surface area contributed by atoms with Gasteiger partial charge in [-0.15, -0.1) is 0 Å². The van der Waals surface area contributed by atoms with Gasteiger partial charge < -0.3 is 20.9 Å². The Labute approximate surface area is 204 Å². The number of aliphatic imine (C=N–C) groups is 2. The molecule has 4 aromatic carbocycles. The number of rotatable bonds is 7. The predicted molar refractivity (Wildman–Crippen MR) is 139 cm³/mol. The number of anilines is 1. The maximum atomic E-state index is 6.40. The average Bonchev–Trinajstić information content (AvgIpc) is 2.89. The molecule has 7 nitrogen and oxygen atoms in total. The molecule has 1 aliphatic rings. The van der Waals surface area contributed by atoms with E-state index in [2.05, 4.69) is 9.98 Å². The van der Waals surface area contributed by atoms with Gasteiger partial charge in [0, 0.05) is 5.56 Å². The van der Waals surface area contributed by atoms with E-state index in [0.29, 0.717) is 18.1 Å². The summed E-state index contributed by atoms with van der Waals surface area (Å²) < 4.78 is 12.2. The van der Waals surface area contributed by atoms with Crippen LogP contribution in [-0.4, -0.2) is 11.9 Å². The monoisotopic (exact) mass is 463 g/mol. The Morgan fingerprint density at radius 3 is 2.23 bits per heavy atom. The van der Waals surface area contributed by atoms with E-state index in [0.717, 1.165) is 22.6 Å². The smallest absolute Gasteiger partial charge is 0.221 e. The normalized spacial score (nSPS) is 15.2. The zero-order valence-corrected chi connectivity index (χ0v) is 19.0. The van der Waals surface area contributed by atoms with Crippen LogP contribution in [0.3, 0.4) is 0 Å². The average molecular weight is 464 g/mol. The third kappa shape index (κ3) is 5.09. The van der Waals surface area contributed by atoms with Crippen molar-refractivity contribution >= 4 is 17.6 Å². The zero-order valence-electron chi connectivity index (χ0n) is 19.0. The van der Waals surface area contributed by atoms with Crippen molar-refractivity contribution in [2.45, 2.75) is 12.8 Å². The predicted octanol–water partition coefficient (Wildman–Crippen LogP) is 5.21. The summed E-state index contributed by atoms with van der Waals surface area (Å²) in [6.07, 6.45) is -0.548. The topological polar surface area (TPSA) is 98.5 Å². The van der Waals surface area contributed by atoms with Crippen LogP contribution >= 0.6 is 0 Å². The molecule has 0 aromatic heterocycles. The molecule has 1 atom stereocenters. The summed E-state index contributed by atoms with van der Waals surface area (Å²) in [4.78, 5) is 10.7. The Morgan fingerprint density at radius 2 is 1.43 bits per heavy atom. The highest BCUT2D eigenvalue weighted by molar-refractivity contribution is 6.05. The number of ether oxygens (including phenoxy) is 2. The van der Waals surface area contributed by atoms with Gasteiger partial charge in [-0.05, 0) is 42.0 Å². The van der Waals surface area contributed by atoms with Crippen molar-refractivity contribution in [2.24, 2.45) is 21.5 Å². The SMILES string of the molecule is NC1=NC(c2cccc(Oc3ccccc3)c2)N(c2ccccc2OCc2ccccc2)C(N)=N1. The van der Waals surface area contributed by atoms with Crippen molar-refractivity contribution in [2.75, 3.05) is 4.90 Å². The fourth-order valence-corrected chi connectivity index (χ4v) is 3.86. The molecule has 1 heterocycles. The number of guanidine groups is 2. The second-order valence-corrected chi connectivity index (χ2v) is 7.93. The summed E-state index contributed by atoms with van der Waals surface area (Å²) in [7, 11) is 0. The molecule has 0 spiro atoms. The first-order chi connectivity index (χ1) is 17.2. The molecule has 174 valence electrons. The fraction of sp³-hybridized carbons (Fsp3) is 0.0714. The standard InChI is InChI=1S/C28H25N5O2/c29-27-31-26(21-12-9-15-23(18-21)35-22-13-5-2-6-14-22)33(28(30)32-27)24-16-7-8-17-25(24)34-19-20-10-3-1-4-11-20/h1-18,26H,19H2,(H4,29,30,31,32). The van der Waals surface area contributed by atoms with Crippen molar-refractivity contribution in [1.82, 2.24) is 0 Å².